The van der Waals surface area contributed by atoms with Crippen LogP contribution in [0, 0.1) is 5.92 Å². The lowest BCUT2D eigenvalue weighted by molar-refractivity contribution is -0.0412. The van der Waals surface area contributed by atoms with Crippen molar-refractivity contribution in [1.29, 1.82) is 0 Å². The molecule has 2 heterocycles. The Balaban J connectivity index is 2.10. The first-order valence-corrected chi connectivity index (χ1v) is 6.94. The Morgan fingerprint density at radius 3 is 2.63 bits per heavy atom. The fraction of sp³-hybridized carbons (Fsp3) is 0.778. The van der Waals surface area contributed by atoms with Gasteiger partial charge in [0.25, 0.3) is 10.1 Å². The molecule has 3 unspecified atom stereocenters. The second kappa shape index (κ2) is 5.21. The van der Waals surface area contributed by atoms with E-state index in [9.17, 15) is 18.0 Å². The van der Waals surface area contributed by atoms with Crippen LogP contribution in [-0.2, 0) is 33.2 Å². The molecule has 2 fully saturated rings. The number of carbonyl (C=O) groups is 2. The Bertz CT molecular complexity index is 470. The lowest BCUT2D eigenvalue weighted by Gasteiger charge is -2.23. The minimum atomic E-state index is -3.64. The van der Waals surface area contributed by atoms with E-state index in [2.05, 4.69) is 13.7 Å². The van der Waals surface area contributed by atoms with Gasteiger partial charge >= 0.3 is 12.3 Å². The van der Waals surface area contributed by atoms with Crippen molar-refractivity contribution in [1.82, 2.24) is 0 Å². The molecule has 0 aromatic rings. The molecule has 0 N–H and O–H groups in total. The second-order valence-electron chi connectivity index (χ2n) is 4.02. The summed E-state index contributed by atoms with van der Waals surface area (Å²) in [7, 11) is -2.53. The van der Waals surface area contributed by atoms with Crippen LogP contribution >= 0.6 is 0 Å². The number of ether oxygens (including phenoxy) is 4. The van der Waals surface area contributed by atoms with Crippen molar-refractivity contribution in [3.05, 3.63) is 0 Å². The van der Waals surface area contributed by atoms with Crippen molar-refractivity contribution in [3.8, 4) is 0 Å². The van der Waals surface area contributed by atoms with Crippen molar-refractivity contribution in [2.75, 3.05) is 26.1 Å². The van der Waals surface area contributed by atoms with Crippen LogP contribution in [0.2, 0.25) is 0 Å². The van der Waals surface area contributed by atoms with Crippen molar-refractivity contribution in [3.63, 3.8) is 0 Å². The largest absolute Gasteiger partial charge is 0.508 e. The Morgan fingerprint density at radius 1 is 1.42 bits per heavy atom. The molecule has 2 rings (SSSR count). The van der Waals surface area contributed by atoms with E-state index in [1.807, 2.05) is 0 Å². The summed E-state index contributed by atoms with van der Waals surface area (Å²) in [4.78, 5) is 22.1. The molecule has 2 aliphatic rings. The van der Waals surface area contributed by atoms with Crippen LogP contribution in [0.1, 0.15) is 0 Å². The number of rotatable bonds is 3. The van der Waals surface area contributed by atoms with Gasteiger partial charge in [-0.1, -0.05) is 0 Å². The zero-order valence-corrected chi connectivity index (χ0v) is 10.8. The van der Waals surface area contributed by atoms with Crippen LogP contribution in [0.15, 0.2) is 0 Å². The van der Waals surface area contributed by atoms with Gasteiger partial charge in [-0.15, -0.1) is 0 Å². The molecule has 108 valence electrons. The third kappa shape index (κ3) is 3.26. The standard InChI is InChI=1S/C9H12O9S/c1-14-8(10)18-7(6-3-15-9(11)17-6)5-2-16-19(12,13)4-5/h5-7H,2-4H2,1H3. The molecular weight excluding hydrogens is 284 g/mol. The van der Waals surface area contributed by atoms with Gasteiger partial charge in [0.2, 0.25) is 0 Å². The minimum absolute atomic E-state index is 0.128. The van der Waals surface area contributed by atoms with E-state index in [4.69, 9.17) is 9.47 Å². The monoisotopic (exact) mass is 296 g/mol. The van der Waals surface area contributed by atoms with Gasteiger partial charge < -0.3 is 18.9 Å². The summed E-state index contributed by atoms with van der Waals surface area (Å²) in [6, 6.07) is 0. The lowest BCUT2D eigenvalue weighted by Crippen LogP contribution is -2.41. The maximum atomic E-state index is 11.2. The van der Waals surface area contributed by atoms with E-state index in [0.29, 0.717) is 0 Å². The topological polar surface area (TPSA) is 114 Å². The highest BCUT2D eigenvalue weighted by molar-refractivity contribution is 7.86. The molecule has 0 radical (unpaired) electrons. The van der Waals surface area contributed by atoms with Crippen LogP contribution in [0.25, 0.3) is 0 Å². The predicted octanol–water partition coefficient (Wildman–Crippen LogP) is -0.350. The average molecular weight is 296 g/mol. The summed E-state index contributed by atoms with van der Waals surface area (Å²) in [6.45, 7) is -0.283. The zero-order valence-electron chi connectivity index (χ0n) is 9.94. The van der Waals surface area contributed by atoms with E-state index in [-0.39, 0.29) is 19.0 Å². The van der Waals surface area contributed by atoms with Gasteiger partial charge in [-0.2, -0.15) is 8.42 Å². The smallest absolute Gasteiger partial charge is 0.438 e. The summed E-state index contributed by atoms with van der Waals surface area (Å²) >= 11 is 0. The maximum absolute atomic E-state index is 11.2. The molecule has 2 saturated heterocycles. The first-order chi connectivity index (χ1) is 8.91. The number of hydrogen-bond donors (Lipinski definition) is 0. The van der Waals surface area contributed by atoms with Crippen LogP contribution < -0.4 is 0 Å². The van der Waals surface area contributed by atoms with Gasteiger partial charge in [-0.3, -0.25) is 4.18 Å². The Morgan fingerprint density at radius 2 is 2.16 bits per heavy atom. The first-order valence-electron chi connectivity index (χ1n) is 5.36. The molecule has 0 amide bonds. The van der Waals surface area contributed by atoms with Crippen molar-refractivity contribution >= 4 is 22.4 Å². The third-order valence-corrected chi connectivity index (χ3v) is 4.05. The molecule has 0 spiro atoms. The van der Waals surface area contributed by atoms with E-state index < -0.39 is 40.6 Å². The fourth-order valence-electron chi connectivity index (χ4n) is 1.88. The van der Waals surface area contributed by atoms with E-state index >= 15 is 0 Å². The molecule has 0 aromatic carbocycles. The SMILES string of the molecule is COC(=O)OC(C1COS(=O)(=O)C1)C1COC(=O)O1. The second-order valence-corrected chi connectivity index (χ2v) is 5.71. The van der Waals surface area contributed by atoms with Crippen molar-refractivity contribution < 1.29 is 41.1 Å². The van der Waals surface area contributed by atoms with Crippen LogP contribution in [0.3, 0.4) is 0 Å². The molecule has 9 nitrogen and oxygen atoms in total. The molecule has 0 aliphatic carbocycles. The van der Waals surface area contributed by atoms with Gasteiger partial charge in [0.05, 0.1) is 19.5 Å². The van der Waals surface area contributed by atoms with Gasteiger partial charge in [0, 0.05) is 5.92 Å². The van der Waals surface area contributed by atoms with Crippen LogP contribution in [0.5, 0.6) is 0 Å². The average Bonchev–Trinajstić information content (AvgIpc) is 2.92. The van der Waals surface area contributed by atoms with Gasteiger partial charge in [0.1, 0.15) is 6.61 Å². The number of cyclic esters (lactones) is 2. The molecule has 0 bridgehead atoms. The maximum Gasteiger partial charge on any atom is 0.508 e. The van der Waals surface area contributed by atoms with Gasteiger partial charge in [-0.05, 0) is 0 Å². The van der Waals surface area contributed by atoms with Gasteiger partial charge in [-0.25, -0.2) is 9.59 Å². The highest BCUT2D eigenvalue weighted by Crippen LogP contribution is 2.26. The third-order valence-electron chi connectivity index (χ3n) is 2.72. The van der Waals surface area contributed by atoms with Crippen molar-refractivity contribution in [2.24, 2.45) is 5.92 Å². The summed E-state index contributed by atoms with van der Waals surface area (Å²) in [5, 5.41) is 0. The number of carbonyl (C=O) groups excluding carboxylic acids is 2. The summed E-state index contributed by atoms with van der Waals surface area (Å²) in [5.74, 6) is -0.980. The predicted molar refractivity (Wildman–Crippen MR) is 56.7 cm³/mol. The van der Waals surface area contributed by atoms with Crippen LogP contribution in [0.4, 0.5) is 9.59 Å². The van der Waals surface area contributed by atoms with Crippen molar-refractivity contribution in [2.45, 2.75) is 12.2 Å². The normalized spacial score (nSPS) is 30.3. The molecule has 0 aromatic heterocycles. The zero-order chi connectivity index (χ0) is 14.0. The van der Waals surface area contributed by atoms with Crippen LogP contribution in [-0.4, -0.2) is 59.0 Å². The lowest BCUT2D eigenvalue weighted by atomic mass is 10.0. The quantitative estimate of drug-likeness (QED) is 0.509. The number of hydrogen-bond acceptors (Lipinski definition) is 9. The number of methoxy groups -OCH3 is 1. The summed E-state index contributed by atoms with van der Waals surface area (Å²) in [5.41, 5.74) is 0. The van der Waals surface area contributed by atoms with E-state index in [1.54, 1.807) is 0 Å². The molecule has 2 aliphatic heterocycles. The molecular formula is C9H12O9S. The summed E-state index contributed by atoms with van der Waals surface area (Å²) < 4.78 is 45.8. The fourth-order valence-corrected chi connectivity index (χ4v) is 3.17. The summed E-state index contributed by atoms with van der Waals surface area (Å²) in [6.07, 6.45) is -3.79. The van der Waals surface area contributed by atoms with E-state index in [0.717, 1.165) is 7.11 Å². The van der Waals surface area contributed by atoms with Gasteiger partial charge in [0.15, 0.2) is 12.2 Å². The minimum Gasteiger partial charge on any atom is -0.438 e. The Kier molecular flexibility index (Phi) is 3.80. The Labute approximate surface area is 108 Å². The molecule has 0 saturated carbocycles. The molecule has 10 heteroatoms. The molecule has 19 heavy (non-hydrogen) atoms. The Hall–Kier alpha value is -1.55. The molecule has 3 atom stereocenters. The highest BCUT2D eigenvalue weighted by atomic mass is 32.2. The highest BCUT2D eigenvalue weighted by Gasteiger charge is 2.45. The van der Waals surface area contributed by atoms with E-state index in [1.165, 1.54) is 0 Å². The first kappa shape index (κ1) is 13.9.